The van der Waals surface area contributed by atoms with Gasteiger partial charge < -0.3 is 29.1 Å². The van der Waals surface area contributed by atoms with E-state index < -0.39 is 40.8 Å². The van der Waals surface area contributed by atoms with Crippen LogP contribution in [0.4, 0.5) is 5.69 Å². The van der Waals surface area contributed by atoms with Crippen molar-refractivity contribution < 1.29 is 33.8 Å². The van der Waals surface area contributed by atoms with Crippen molar-refractivity contribution in [1.82, 2.24) is 10.1 Å². The lowest BCUT2D eigenvalue weighted by Crippen LogP contribution is -2.59. The fourth-order valence-electron chi connectivity index (χ4n) is 6.78. The molecule has 3 aliphatic carbocycles. The molecule has 0 fully saturated rings. The van der Waals surface area contributed by atoms with Crippen LogP contribution in [0.25, 0.3) is 0 Å². The Balaban J connectivity index is 1.67. The first kappa shape index (κ1) is 30.6. The molecule has 2 N–H and O–H groups in total. The summed E-state index contributed by atoms with van der Waals surface area (Å²) in [5.74, 6) is -2.31. The number of aliphatic hydroxyl groups is 2. The predicted molar refractivity (Wildman–Crippen MR) is 161 cm³/mol. The first-order chi connectivity index (χ1) is 20.0. The predicted octanol–water partition coefficient (Wildman–Crippen LogP) is 5.28. The molecular weight excluding hydrogens is 606 g/mol. The summed E-state index contributed by atoms with van der Waals surface area (Å²) in [6.45, 7) is 4.84. The molecule has 0 aliphatic heterocycles. The third kappa shape index (κ3) is 4.64. The van der Waals surface area contributed by atoms with Crippen molar-refractivity contribution in [2.24, 2.45) is 11.8 Å². The van der Waals surface area contributed by atoms with Crippen molar-refractivity contribution in [3.63, 3.8) is 0 Å². The molecule has 2 aromatic rings. The van der Waals surface area contributed by atoms with Crippen LogP contribution in [-0.4, -0.2) is 78.8 Å². The van der Waals surface area contributed by atoms with Crippen LogP contribution in [0.3, 0.4) is 0 Å². The fourth-order valence-corrected chi connectivity index (χ4v) is 7.58. The second kappa shape index (κ2) is 11.7. The van der Waals surface area contributed by atoms with E-state index in [1.807, 2.05) is 44.9 Å². The number of carbonyl (C=O) groups excluding carboxylic acids is 2. The molecule has 0 spiro atoms. The van der Waals surface area contributed by atoms with Gasteiger partial charge in [0.05, 0.1) is 30.5 Å². The maximum Gasteiger partial charge on any atom is 0.265 e. The van der Waals surface area contributed by atoms with Crippen molar-refractivity contribution in [1.29, 1.82) is 0 Å². The molecule has 4 atom stereocenters. The molecule has 11 heteroatoms. The highest BCUT2D eigenvalue weighted by Crippen LogP contribution is 2.57. The third-order valence-electron chi connectivity index (χ3n) is 8.75. The van der Waals surface area contributed by atoms with Gasteiger partial charge in [-0.1, -0.05) is 26.7 Å². The topological polar surface area (TPSA) is 126 Å². The number of anilines is 1. The van der Waals surface area contributed by atoms with Crippen LogP contribution in [0.1, 0.15) is 84.0 Å². The Kier molecular flexibility index (Phi) is 8.48. The van der Waals surface area contributed by atoms with Gasteiger partial charge in [0.2, 0.25) is 5.78 Å². The van der Waals surface area contributed by atoms with E-state index in [-0.39, 0.29) is 23.4 Å². The zero-order chi connectivity index (χ0) is 30.5. The molecular formula is C31H40BrN3O7. The average Bonchev–Trinajstić information content (AvgIpc) is 3.33. The van der Waals surface area contributed by atoms with Crippen molar-refractivity contribution in [2.75, 3.05) is 46.3 Å². The quantitative estimate of drug-likeness (QED) is 0.330. The smallest absolute Gasteiger partial charge is 0.265 e. The lowest BCUT2D eigenvalue weighted by Gasteiger charge is -2.49. The standard InChI is InChI=1S/C31H40BrN3O7/c1-7-9-11-40-20-15-19(32)24(34(3)4)17-13-16-14-18-25(35(5)6)27-23(30(33-42-27)41-12-10-8-2)29(38)31(18,39)28(37)21(16)26(36)22(17)20/h15-16,18,25,37,39H,7-14H2,1-6H3/t16-,18-,25-,31-/m0/s1. The minimum Gasteiger partial charge on any atom is -0.508 e. The van der Waals surface area contributed by atoms with Gasteiger partial charge in [-0.15, -0.1) is 0 Å². The van der Waals surface area contributed by atoms with E-state index in [0.29, 0.717) is 36.7 Å². The van der Waals surface area contributed by atoms with E-state index in [4.69, 9.17) is 14.0 Å². The second-order valence-corrected chi connectivity index (χ2v) is 12.8. The maximum absolute atomic E-state index is 14.4. The summed E-state index contributed by atoms with van der Waals surface area (Å²) >= 11 is 3.68. The van der Waals surface area contributed by atoms with Crippen LogP contribution in [-0.2, 0) is 6.42 Å². The Bertz CT molecular complexity index is 1430. The molecule has 228 valence electrons. The van der Waals surface area contributed by atoms with Gasteiger partial charge >= 0.3 is 0 Å². The van der Waals surface area contributed by atoms with Crippen LogP contribution in [0.15, 0.2) is 26.4 Å². The second-order valence-electron chi connectivity index (χ2n) is 11.9. The summed E-state index contributed by atoms with van der Waals surface area (Å²) in [5.41, 5.74) is -0.241. The Hall–Kier alpha value is -2.89. The molecule has 0 amide bonds. The molecule has 0 radical (unpaired) electrons. The van der Waals surface area contributed by atoms with Gasteiger partial charge in [-0.05, 0) is 78.4 Å². The molecule has 0 bridgehead atoms. The Morgan fingerprint density at radius 1 is 1.10 bits per heavy atom. The largest absolute Gasteiger partial charge is 0.508 e. The molecule has 0 unspecified atom stereocenters. The number of halogens is 1. The summed E-state index contributed by atoms with van der Waals surface area (Å²) in [6, 6.07) is 1.19. The number of allylic oxidation sites excluding steroid dienone is 1. The van der Waals surface area contributed by atoms with E-state index >= 15 is 0 Å². The summed E-state index contributed by atoms with van der Waals surface area (Å²) in [5, 5.41) is 28.1. The summed E-state index contributed by atoms with van der Waals surface area (Å²) < 4.78 is 18.4. The van der Waals surface area contributed by atoms with Crippen molar-refractivity contribution in [2.45, 2.75) is 64.0 Å². The lowest BCUT2D eigenvalue weighted by molar-refractivity contribution is -0.0559. The number of hydrogen-bond donors (Lipinski definition) is 2. The zero-order valence-electron chi connectivity index (χ0n) is 25.1. The number of aromatic nitrogens is 1. The van der Waals surface area contributed by atoms with E-state index in [0.717, 1.165) is 41.4 Å². The van der Waals surface area contributed by atoms with Crippen LogP contribution < -0.4 is 14.4 Å². The van der Waals surface area contributed by atoms with Crippen LogP contribution >= 0.6 is 15.9 Å². The number of hydrogen-bond acceptors (Lipinski definition) is 10. The third-order valence-corrected chi connectivity index (χ3v) is 9.35. The summed E-state index contributed by atoms with van der Waals surface area (Å²) in [6.07, 6.45) is 4.07. The van der Waals surface area contributed by atoms with E-state index in [1.165, 1.54) is 0 Å². The van der Waals surface area contributed by atoms with Gasteiger partial charge in [0.25, 0.3) is 5.88 Å². The van der Waals surface area contributed by atoms with Crippen LogP contribution in [0.5, 0.6) is 11.6 Å². The Morgan fingerprint density at radius 2 is 1.76 bits per heavy atom. The first-order valence-electron chi connectivity index (χ1n) is 14.7. The number of aliphatic hydroxyl groups excluding tert-OH is 1. The molecule has 1 heterocycles. The number of benzene rings is 1. The number of unbranched alkanes of at least 4 members (excludes halogenated alkanes) is 2. The van der Waals surface area contributed by atoms with Gasteiger partial charge in [-0.3, -0.25) is 14.5 Å². The molecule has 1 aromatic carbocycles. The SMILES string of the molecule is CCCCOc1cc(Br)c(N(C)C)c2c1C(=O)C1=C(O)[C@]3(O)C(=O)c4c(OCCCC)noc4[C@@H](N(C)C)[C@@H]3C[C@@H]1C2. The minimum absolute atomic E-state index is 0.00509. The zero-order valence-corrected chi connectivity index (χ0v) is 26.7. The molecule has 0 saturated heterocycles. The highest BCUT2D eigenvalue weighted by atomic mass is 79.9. The summed E-state index contributed by atoms with van der Waals surface area (Å²) in [4.78, 5) is 32.3. The first-order valence-corrected chi connectivity index (χ1v) is 15.5. The molecule has 10 nitrogen and oxygen atoms in total. The normalized spacial score (nSPS) is 24.7. The highest BCUT2D eigenvalue weighted by Gasteiger charge is 2.64. The molecule has 42 heavy (non-hydrogen) atoms. The van der Waals surface area contributed by atoms with Crippen molar-refractivity contribution in [3.8, 4) is 11.6 Å². The molecule has 0 saturated carbocycles. The van der Waals surface area contributed by atoms with E-state index in [2.05, 4.69) is 28.0 Å². The van der Waals surface area contributed by atoms with E-state index in [1.54, 1.807) is 6.07 Å². The number of Topliss-reactive ketones (excluding diaryl/α,β-unsaturated/α-hetero) is 2. The summed E-state index contributed by atoms with van der Waals surface area (Å²) in [7, 11) is 7.48. The van der Waals surface area contributed by atoms with Gasteiger partial charge in [-0.25, -0.2) is 0 Å². The lowest BCUT2D eigenvalue weighted by atomic mass is 9.58. The van der Waals surface area contributed by atoms with Crippen molar-refractivity contribution in [3.05, 3.63) is 44.3 Å². The average molecular weight is 647 g/mol. The molecule has 1 aromatic heterocycles. The number of nitrogens with zero attached hydrogens (tertiary/aromatic N) is 3. The molecule has 5 rings (SSSR count). The van der Waals surface area contributed by atoms with E-state index in [9.17, 15) is 19.8 Å². The molecule has 3 aliphatic rings. The van der Waals surface area contributed by atoms with Crippen molar-refractivity contribution >= 4 is 33.2 Å². The fraction of sp³-hybridized carbons (Fsp3) is 0.581. The van der Waals surface area contributed by atoms with Crippen LogP contribution in [0.2, 0.25) is 0 Å². The van der Waals surface area contributed by atoms with Gasteiger partial charge in [-0.2, -0.15) is 0 Å². The Morgan fingerprint density at radius 3 is 2.38 bits per heavy atom. The van der Waals surface area contributed by atoms with Crippen LogP contribution in [0, 0.1) is 11.8 Å². The Labute approximate surface area is 254 Å². The number of ether oxygens (including phenoxy) is 2. The minimum atomic E-state index is -2.35. The van der Waals surface area contributed by atoms with Gasteiger partial charge in [0, 0.05) is 30.1 Å². The highest BCUT2D eigenvalue weighted by molar-refractivity contribution is 9.10. The number of fused-ring (bicyclic) bond motifs is 4. The number of rotatable bonds is 10. The van der Waals surface area contributed by atoms with Gasteiger partial charge in [0.15, 0.2) is 17.1 Å². The number of ketones is 2. The van der Waals surface area contributed by atoms with Gasteiger partial charge in [0.1, 0.15) is 17.1 Å². The number of carbonyl (C=O) groups is 2. The monoisotopic (exact) mass is 645 g/mol. The maximum atomic E-state index is 14.4.